The molecule has 3 heterocycles. The third-order valence-corrected chi connectivity index (χ3v) is 7.16. The smallest absolute Gasteiger partial charge is 0.123 e. The average Bonchev–Trinajstić information content (AvgIpc) is 3.24. The topological polar surface area (TPSA) is 27.5 Å². The van der Waals surface area contributed by atoms with Gasteiger partial charge in [0.15, 0.2) is 0 Å². The van der Waals surface area contributed by atoms with Crippen LogP contribution in [0.5, 0.6) is 0 Å². The number of rotatable bonds is 5. The van der Waals surface area contributed by atoms with Crippen molar-refractivity contribution in [3.8, 4) is 16.9 Å². The van der Waals surface area contributed by atoms with Gasteiger partial charge in [-0.1, -0.05) is 24.3 Å². The molecule has 5 rings (SSSR count). The molecule has 0 radical (unpaired) electrons. The zero-order chi connectivity index (χ0) is 22.8. The predicted molar refractivity (Wildman–Crippen MR) is 131 cm³/mol. The Morgan fingerprint density at radius 2 is 1.70 bits per heavy atom. The van der Waals surface area contributed by atoms with Crippen LogP contribution in [0.2, 0.25) is 0 Å². The van der Waals surface area contributed by atoms with Gasteiger partial charge in [0, 0.05) is 56.1 Å². The molecule has 5 nitrogen and oxygen atoms in total. The van der Waals surface area contributed by atoms with E-state index in [2.05, 4.69) is 59.1 Å². The summed E-state index contributed by atoms with van der Waals surface area (Å²) in [7, 11) is 2.22. The zero-order valence-electron chi connectivity index (χ0n) is 19.8. The van der Waals surface area contributed by atoms with Gasteiger partial charge in [-0.25, -0.2) is 9.07 Å². The van der Waals surface area contributed by atoms with E-state index in [0.29, 0.717) is 0 Å². The van der Waals surface area contributed by atoms with Crippen molar-refractivity contribution < 1.29 is 4.39 Å². The van der Waals surface area contributed by atoms with Crippen molar-refractivity contribution in [3.63, 3.8) is 0 Å². The van der Waals surface area contributed by atoms with Crippen LogP contribution in [0.15, 0.2) is 54.7 Å². The fourth-order valence-corrected chi connectivity index (χ4v) is 5.19. The minimum atomic E-state index is -0.227. The first-order valence-electron chi connectivity index (χ1n) is 12.1. The molecule has 2 fully saturated rings. The molecule has 0 bridgehead atoms. The third kappa shape index (κ3) is 5.18. The van der Waals surface area contributed by atoms with Crippen LogP contribution < -0.4 is 0 Å². The lowest BCUT2D eigenvalue weighted by Gasteiger charge is -2.42. The predicted octanol–water partition coefficient (Wildman–Crippen LogP) is 4.20. The van der Waals surface area contributed by atoms with Crippen LogP contribution in [-0.2, 0) is 6.54 Å². The lowest BCUT2D eigenvalue weighted by Crippen LogP contribution is -2.52. The minimum Gasteiger partial charge on any atom is -0.306 e. The van der Waals surface area contributed by atoms with Gasteiger partial charge in [-0.2, -0.15) is 5.10 Å². The first-order valence-corrected chi connectivity index (χ1v) is 12.1. The molecule has 174 valence electrons. The second-order valence-corrected chi connectivity index (χ2v) is 9.64. The molecule has 33 heavy (non-hydrogen) atoms. The molecule has 0 spiro atoms. The highest BCUT2D eigenvalue weighted by atomic mass is 19.1. The van der Waals surface area contributed by atoms with Crippen LogP contribution >= 0.6 is 0 Å². The van der Waals surface area contributed by atoms with E-state index < -0.39 is 0 Å². The van der Waals surface area contributed by atoms with Crippen molar-refractivity contribution in [1.29, 1.82) is 0 Å². The molecule has 0 aliphatic carbocycles. The summed E-state index contributed by atoms with van der Waals surface area (Å²) in [6.07, 6.45) is 4.69. The van der Waals surface area contributed by atoms with Crippen LogP contribution in [-0.4, -0.2) is 76.8 Å². The quantitative estimate of drug-likeness (QED) is 0.586. The van der Waals surface area contributed by atoms with Gasteiger partial charge < -0.3 is 4.90 Å². The molecule has 2 aliphatic heterocycles. The Labute approximate surface area is 196 Å². The van der Waals surface area contributed by atoms with Crippen molar-refractivity contribution in [2.24, 2.45) is 0 Å². The highest BCUT2D eigenvalue weighted by Crippen LogP contribution is 2.27. The molecular weight excluding hydrogens is 413 g/mol. The number of benzene rings is 2. The molecule has 6 heteroatoms. The average molecular weight is 448 g/mol. The highest BCUT2D eigenvalue weighted by molar-refractivity contribution is 5.63. The monoisotopic (exact) mass is 447 g/mol. The summed E-state index contributed by atoms with van der Waals surface area (Å²) in [6, 6.07) is 15.9. The van der Waals surface area contributed by atoms with Gasteiger partial charge in [0.1, 0.15) is 5.82 Å². The van der Waals surface area contributed by atoms with Crippen molar-refractivity contribution in [2.75, 3.05) is 46.3 Å². The second kappa shape index (κ2) is 9.75. The normalized spacial score (nSPS) is 19.2. The number of hydrogen-bond acceptors (Lipinski definition) is 4. The van der Waals surface area contributed by atoms with Crippen molar-refractivity contribution in [2.45, 2.75) is 32.4 Å². The first kappa shape index (κ1) is 22.3. The van der Waals surface area contributed by atoms with Gasteiger partial charge in [0.25, 0.3) is 0 Å². The maximum absolute atomic E-state index is 14.0. The van der Waals surface area contributed by atoms with Crippen LogP contribution in [0.3, 0.4) is 0 Å². The summed E-state index contributed by atoms with van der Waals surface area (Å²) in [5, 5.41) is 4.90. The first-order chi connectivity index (χ1) is 16.0. The molecule has 0 saturated carbocycles. The zero-order valence-corrected chi connectivity index (χ0v) is 19.8. The number of aromatic nitrogens is 2. The molecule has 0 atom stereocenters. The molecule has 2 saturated heterocycles. The van der Waals surface area contributed by atoms with Crippen molar-refractivity contribution >= 4 is 0 Å². The molecule has 2 aliphatic rings. The summed E-state index contributed by atoms with van der Waals surface area (Å²) >= 11 is 0. The van der Waals surface area contributed by atoms with Crippen LogP contribution in [0.25, 0.3) is 16.9 Å². The van der Waals surface area contributed by atoms with E-state index in [-0.39, 0.29) is 5.82 Å². The number of likely N-dealkylation sites (tertiary alicyclic amines) is 1. The van der Waals surface area contributed by atoms with Gasteiger partial charge in [-0.05, 0) is 69.7 Å². The number of piperazine rings is 1. The Morgan fingerprint density at radius 3 is 2.42 bits per heavy atom. The van der Waals surface area contributed by atoms with Gasteiger partial charge in [0.05, 0.1) is 11.4 Å². The van der Waals surface area contributed by atoms with Gasteiger partial charge >= 0.3 is 0 Å². The maximum atomic E-state index is 14.0. The molecule has 2 aromatic carbocycles. The Morgan fingerprint density at radius 1 is 0.939 bits per heavy atom. The van der Waals surface area contributed by atoms with E-state index in [4.69, 9.17) is 5.10 Å². The Bertz CT molecular complexity index is 1080. The lowest BCUT2D eigenvalue weighted by atomic mass is 10.0. The van der Waals surface area contributed by atoms with Gasteiger partial charge in [-0.3, -0.25) is 9.80 Å². The molecule has 0 N–H and O–H groups in total. The van der Waals surface area contributed by atoms with E-state index in [1.54, 1.807) is 12.1 Å². The van der Waals surface area contributed by atoms with E-state index in [1.165, 1.54) is 37.6 Å². The van der Waals surface area contributed by atoms with E-state index >= 15 is 0 Å². The lowest BCUT2D eigenvalue weighted by molar-refractivity contribution is 0.0619. The van der Waals surface area contributed by atoms with E-state index in [0.717, 1.165) is 61.3 Å². The Kier molecular flexibility index (Phi) is 6.58. The summed E-state index contributed by atoms with van der Waals surface area (Å²) < 4.78 is 16.0. The van der Waals surface area contributed by atoms with E-state index in [1.807, 2.05) is 10.7 Å². The SMILES string of the molecule is Cc1cccc(-n2cc(CN3CCN(C4CCN(C)CC4)CC3)c(-c3cccc(F)c3)n2)c1. The maximum Gasteiger partial charge on any atom is 0.123 e. The molecule has 0 unspecified atom stereocenters. The molecule has 1 aromatic heterocycles. The summed E-state index contributed by atoms with van der Waals surface area (Å²) in [4.78, 5) is 7.64. The Hall–Kier alpha value is -2.54. The second-order valence-electron chi connectivity index (χ2n) is 9.64. The highest BCUT2D eigenvalue weighted by Gasteiger charge is 2.27. The number of nitrogens with zero attached hydrogens (tertiary/aromatic N) is 5. The Balaban J connectivity index is 1.34. The summed E-state index contributed by atoms with van der Waals surface area (Å²) in [6.45, 7) is 9.70. The molecule has 3 aromatic rings. The summed E-state index contributed by atoms with van der Waals surface area (Å²) in [5.41, 5.74) is 5.08. The molecule has 0 amide bonds. The van der Waals surface area contributed by atoms with Crippen LogP contribution in [0.4, 0.5) is 4.39 Å². The van der Waals surface area contributed by atoms with E-state index in [9.17, 15) is 4.39 Å². The van der Waals surface area contributed by atoms with Crippen LogP contribution in [0, 0.1) is 12.7 Å². The number of aryl methyl sites for hydroxylation is 1. The number of hydrogen-bond donors (Lipinski definition) is 0. The largest absolute Gasteiger partial charge is 0.306 e. The van der Waals surface area contributed by atoms with Gasteiger partial charge in [-0.15, -0.1) is 0 Å². The minimum absolute atomic E-state index is 0.227. The van der Waals surface area contributed by atoms with Crippen molar-refractivity contribution in [1.82, 2.24) is 24.5 Å². The van der Waals surface area contributed by atoms with Crippen LogP contribution in [0.1, 0.15) is 24.0 Å². The fourth-order valence-electron chi connectivity index (χ4n) is 5.19. The summed E-state index contributed by atoms with van der Waals surface area (Å²) in [5.74, 6) is -0.227. The third-order valence-electron chi connectivity index (χ3n) is 7.16. The van der Waals surface area contributed by atoms with Crippen molar-refractivity contribution in [3.05, 3.63) is 71.7 Å². The number of halogens is 1. The number of piperidine rings is 1. The standard InChI is InChI=1S/C27H34FN5/c1-21-5-3-8-26(17-21)33-20-23(27(29-33)22-6-4-7-24(28)18-22)19-31-13-15-32(16-14-31)25-9-11-30(2)12-10-25/h3-8,17-18,20,25H,9-16,19H2,1-2H3. The molecular formula is C27H34FN5. The van der Waals surface area contributed by atoms with Gasteiger partial charge in [0.2, 0.25) is 0 Å². The fraction of sp³-hybridized carbons (Fsp3) is 0.444.